The minimum absolute atomic E-state index is 0.0246. The average Bonchev–Trinajstić information content (AvgIpc) is 3.74. The molecule has 1 saturated heterocycles. The van der Waals surface area contributed by atoms with Crippen molar-refractivity contribution in [1.29, 1.82) is 0 Å². The van der Waals surface area contributed by atoms with E-state index in [-0.39, 0.29) is 51.6 Å². The lowest BCUT2D eigenvalue weighted by Gasteiger charge is -2.34. The Labute approximate surface area is 377 Å². The molecular formula is C45H52Cl2N8O7S. The van der Waals surface area contributed by atoms with Gasteiger partial charge in [0.05, 0.1) is 43.3 Å². The normalized spacial score (nSPS) is 16.6. The second kappa shape index (κ2) is 20.1. The van der Waals surface area contributed by atoms with Crippen LogP contribution in [0.2, 0.25) is 10.0 Å². The van der Waals surface area contributed by atoms with Crippen LogP contribution in [0.4, 0.5) is 5.69 Å². The zero-order chi connectivity index (χ0) is 44.7. The van der Waals surface area contributed by atoms with Crippen LogP contribution >= 0.6 is 23.2 Å². The number of imidazole rings is 1. The Bertz CT molecular complexity index is 2580. The van der Waals surface area contributed by atoms with E-state index in [4.69, 9.17) is 37.4 Å². The number of morpholine rings is 1. The third kappa shape index (κ3) is 11.9. The molecule has 0 bridgehead atoms. The number of rotatable bonds is 17. The summed E-state index contributed by atoms with van der Waals surface area (Å²) in [6.45, 7) is 8.01. The zero-order valence-electron chi connectivity index (χ0n) is 35.7. The highest BCUT2D eigenvalue weighted by Crippen LogP contribution is 2.43. The number of carbonyl (C=O) groups excluding carboxylic acids is 2. The van der Waals surface area contributed by atoms with Gasteiger partial charge in [0.25, 0.3) is 15.9 Å². The number of sulfonamides is 1. The first-order valence-corrected chi connectivity index (χ1v) is 22.9. The summed E-state index contributed by atoms with van der Waals surface area (Å²) in [4.78, 5) is 41.0. The summed E-state index contributed by atoms with van der Waals surface area (Å²) >= 11 is 12.6. The third-order valence-corrected chi connectivity index (χ3v) is 12.7. The highest BCUT2D eigenvalue weighted by molar-refractivity contribution is 7.90. The molecule has 1 aliphatic heterocycles. The summed E-state index contributed by atoms with van der Waals surface area (Å²) in [5, 5.41) is 7.60. The standard InChI is InChI=1S/C45H52Cl2N8O7S/c1-45(2)15-14-30(36(22-45)29-8-10-31(46)11-9-29)23-48-16-17-49-32-12-13-35(40(20-32)62-39-7-5-6-38-42(39)52-28-51-38)43(57)53-63(58,59)34-21-37(47)44(50-24-34)61-27-33-25-55(18-19-60-33)41(56)26-54(3)4/h5-13,20-21,24,28,33,48-49H,14-19,22-23,25-27H2,1-4H3,(H,51,52)(H,53,57)/t33-/m1/s1. The Hall–Kier alpha value is -5.23. The molecule has 2 aromatic heterocycles. The summed E-state index contributed by atoms with van der Waals surface area (Å²) in [5.41, 5.74) is 6.03. The first-order chi connectivity index (χ1) is 30.1. The number of likely N-dealkylation sites (N-methyl/N-ethyl adjacent to an activating group) is 1. The van der Waals surface area contributed by atoms with Crippen molar-refractivity contribution in [3.8, 4) is 17.4 Å². The first kappa shape index (κ1) is 45.8. The van der Waals surface area contributed by atoms with Gasteiger partial charge in [0.15, 0.2) is 5.75 Å². The second-order valence-corrected chi connectivity index (χ2v) is 19.2. The van der Waals surface area contributed by atoms with E-state index < -0.39 is 22.0 Å². The lowest BCUT2D eigenvalue weighted by atomic mass is 9.72. The van der Waals surface area contributed by atoms with Crippen molar-refractivity contribution >= 4 is 67.3 Å². The fourth-order valence-electron chi connectivity index (χ4n) is 7.55. The van der Waals surface area contributed by atoms with Gasteiger partial charge < -0.3 is 39.6 Å². The van der Waals surface area contributed by atoms with Crippen molar-refractivity contribution in [2.75, 3.05) is 71.9 Å². The summed E-state index contributed by atoms with van der Waals surface area (Å²) in [7, 11) is -0.830. The van der Waals surface area contributed by atoms with E-state index in [0.717, 1.165) is 43.6 Å². The van der Waals surface area contributed by atoms with Crippen LogP contribution in [-0.2, 0) is 19.6 Å². The van der Waals surface area contributed by atoms with E-state index in [9.17, 15) is 18.0 Å². The Kier molecular flexibility index (Phi) is 14.6. The molecule has 1 aliphatic carbocycles. The molecule has 1 atom stereocenters. The number of anilines is 1. The van der Waals surface area contributed by atoms with Crippen molar-refractivity contribution in [1.82, 2.24) is 34.8 Å². The number of H-pyrrole nitrogens is 1. The first-order valence-electron chi connectivity index (χ1n) is 20.7. The lowest BCUT2D eigenvalue weighted by Crippen LogP contribution is -2.49. The largest absolute Gasteiger partial charge is 0.474 e. The van der Waals surface area contributed by atoms with Crippen LogP contribution < -0.4 is 24.8 Å². The van der Waals surface area contributed by atoms with Gasteiger partial charge in [0.2, 0.25) is 11.8 Å². The number of amides is 2. The monoisotopic (exact) mass is 918 g/mol. The van der Waals surface area contributed by atoms with Crippen LogP contribution in [0.1, 0.15) is 49.0 Å². The number of ether oxygens (including phenoxy) is 3. The molecule has 18 heteroatoms. The maximum atomic E-state index is 13.8. The SMILES string of the molecule is CN(C)CC(=O)N1CCO[C@@H](COc2ncc(S(=O)(=O)NC(=O)c3ccc(NCCNCC4=C(c5ccc(Cl)cc5)CC(C)(C)CC4)cc3Oc3cccc4[nH]cnc34)cc2Cl)C1. The Morgan fingerprint density at radius 1 is 1.03 bits per heavy atom. The van der Waals surface area contributed by atoms with E-state index >= 15 is 0 Å². The number of hydrogen-bond donors (Lipinski definition) is 4. The number of fused-ring (bicyclic) bond motifs is 1. The van der Waals surface area contributed by atoms with Crippen LogP contribution in [0.25, 0.3) is 16.6 Å². The van der Waals surface area contributed by atoms with Gasteiger partial charge >= 0.3 is 0 Å². The molecule has 334 valence electrons. The van der Waals surface area contributed by atoms with Crippen LogP contribution in [0.5, 0.6) is 17.4 Å². The van der Waals surface area contributed by atoms with Crippen LogP contribution in [0, 0.1) is 5.41 Å². The van der Waals surface area contributed by atoms with Gasteiger partial charge in [-0.25, -0.2) is 23.1 Å². The van der Waals surface area contributed by atoms with E-state index in [2.05, 4.69) is 56.3 Å². The van der Waals surface area contributed by atoms with Gasteiger partial charge in [-0.1, -0.05) is 60.8 Å². The van der Waals surface area contributed by atoms with Gasteiger partial charge in [0, 0.05) is 43.0 Å². The fourth-order valence-corrected chi connectivity index (χ4v) is 8.90. The highest BCUT2D eigenvalue weighted by atomic mass is 35.5. The number of nitrogens with one attached hydrogen (secondary N) is 4. The van der Waals surface area contributed by atoms with Crippen molar-refractivity contribution < 1.29 is 32.2 Å². The maximum absolute atomic E-state index is 13.8. The third-order valence-electron chi connectivity index (χ3n) is 10.9. The smallest absolute Gasteiger partial charge is 0.268 e. The Morgan fingerprint density at radius 2 is 1.84 bits per heavy atom. The zero-order valence-corrected chi connectivity index (χ0v) is 38.0. The number of hydrogen-bond acceptors (Lipinski definition) is 12. The molecule has 0 saturated carbocycles. The van der Waals surface area contributed by atoms with E-state index in [1.807, 2.05) is 32.3 Å². The molecular weight excluding hydrogens is 868 g/mol. The number of aromatic amines is 1. The number of carbonyl (C=O) groups is 2. The summed E-state index contributed by atoms with van der Waals surface area (Å²) in [6, 6.07) is 19.4. The molecule has 15 nitrogen and oxygen atoms in total. The molecule has 3 heterocycles. The second-order valence-electron chi connectivity index (χ2n) is 16.7. The summed E-state index contributed by atoms with van der Waals surface area (Å²) < 4.78 is 47.1. The van der Waals surface area contributed by atoms with Gasteiger partial charge in [-0.05, 0) is 92.4 Å². The van der Waals surface area contributed by atoms with E-state index in [1.165, 1.54) is 29.1 Å². The molecule has 2 aliphatic rings. The number of pyridine rings is 1. The molecule has 3 aromatic carbocycles. The predicted molar refractivity (Wildman–Crippen MR) is 244 cm³/mol. The topological polar surface area (TPSA) is 180 Å². The molecule has 1 fully saturated rings. The van der Waals surface area contributed by atoms with Gasteiger partial charge in [-0.2, -0.15) is 0 Å². The molecule has 0 spiro atoms. The summed E-state index contributed by atoms with van der Waals surface area (Å²) in [5.74, 6) is -0.523. The number of halogens is 2. The molecule has 2 amide bonds. The van der Waals surface area contributed by atoms with Gasteiger partial charge in [-0.15, -0.1) is 0 Å². The van der Waals surface area contributed by atoms with Crippen LogP contribution in [0.15, 0.2) is 89.7 Å². The van der Waals surface area contributed by atoms with Crippen LogP contribution in [0.3, 0.4) is 0 Å². The summed E-state index contributed by atoms with van der Waals surface area (Å²) in [6.07, 6.45) is 5.26. The minimum Gasteiger partial charge on any atom is -0.474 e. The molecule has 0 unspecified atom stereocenters. The highest BCUT2D eigenvalue weighted by Gasteiger charge is 2.29. The van der Waals surface area contributed by atoms with Gasteiger partial charge in [-0.3, -0.25) is 9.59 Å². The molecule has 7 rings (SSSR count). The molecule has 0 radical (unpaired) electrons. The molecule has 5 aromatic rings. The Balaban J connectivity index is 1.01. The quantitative estimate of drug-likeness (QED) is 0.0703. The Morgan fingerprint density at radius 3 is 2.62 bits per heavy atom. The van der Waals surface area contributed by atoms with Crippen molar-refractivity contribution in [2.45, 2.75) is 44.1 Å². The maximum Gasteiger partial charge on any atom is 0.268 e. The molecule has 63 heavy (non-hydrogen) atoms. The average molecular weight is 920 g/mol. The van der Waals surface area contributed by atoms with E-state index in [1.54, 1.807) is 34.1 Å². The number of benzene rings is 3. The van der Waals surface area contributed by atoms with Crippen molar-refractivity contribution in [3.63, 3.8) is 0 Å². The van der Waals surface area contributed by atoms with E-state index in [0.29, 0.717) is 54.8 Å². The van der Waals surface area contributed by atoms with Crippen molar-refractivity contribution in [2.24, 2.45) is 5.41 Å². The predicted octanol–water partition coefficient (Wildman–Crippen LogP) is 7.01. The number of allylic oxidation sites excluding steroid dienone is 1. The van der Waals surface area contributed by atoms with Crippen molar-refractivity contribution in [3.05, 3.63) is 106 Å². The fraction of sp³-hybridized carbons (Fsp3) is 0.378. The van der Waals surface area contributed by atoms with Crippen LogP contribution in [-0.4, -0.2) is 118 Å². The lowest BCUT2D eigenvalue weighted by molar-refractivity contribution is -0.140. The number of para-hydroxylation sites is 1. The molecule has 4 N–H and O–H groups in total. The number of aromatic nitrogens is 3. The minimum atomic E-state index is -4.48. The van der Waals surface area contributed by atoms with Gasteiger partial charge in [0.1, 0.15) is 33.9 Å². The number of nitrogens with zero attached hydrogens (tertiary/aromatic N) is 4.